The lowest BCUT2D eigenvalue weighted by molar-refractivity contribution is 0.596. The van der Waals surface area contributed by atoms with E-state index in [0.717, 1.165) is 21.9 Å². The van der Waals surface area contributed by atoms with Gasteiger partial charge in [-0.15, -0.1) is 0 Å². The van der Waals surface area contributed by atoms with Crippen molar-refractivity contribution in [3.05, 3.63) is 46.9 Å². The van der Waals surface area contributed by atoms with Crippen LogP contribution in [0.4, 0.5) is 4.39 Å². The van der Waals surface area contributed by atoms with Crippen LogP contribution < -0.4 is 0 Å². The third-order valence-electron chi connectivity index (χ3n) is 2.09. The zero-order valence-electron chi connectivity index (χ0n) is 8.18. The summed E-state index contributed by atoms with van der Waals surface area (Å²) in [5, 5.41) is 0.980. The summed E-state index contributed by atoms with van der Waals surface area (Å²) < 4.78 is 13.1. The molecule has 0 amide bonds. The Labute approximate surface area is 81.9 Å². The molecular formula is C11H15FSi. The molecule has 1 aromatic rings. The zero-order chi connectivity index (χ0) is 9.68. The molecule has 0 nitrogen and oxygen atoms in total. The van der Waals surface area contributed by atoms with Crippen molar-refractivity contribution in [1.82, 2.24) is 0 Å². The van der Waals surface area contributed by atoms with Gasteiger partial charge >= 0.3 is 0 Å². The van der Waals surface area contributed by atoms with Gasteiger partial charge in [0.1, 0.15) is 0 Å². The fourth-order valence-corrected chi connectivity index (χ4v) is 2.06. The van der Waals surface area contributed by atoms with Crippen LogP contribution in [0, 0.1) is 0 Å². The maximum Gasteiger partial charge on any atom is 0.0943 e. The number of allylic oxidation sites excluding steroid dienone is 2. The fourth-order valence-electron chi connectivity index (χ4n) is 1.30. The van der Waals surface area contributed by atoms with Crippen molar-refractivity contribution in [2.75, 3.05) is 0 Å². The first-order valence-electron chi connectivity index (χ1n) is 4.62. The van der Waals surface area contributed by atoms with Crippen LogP contribution >= 0.6 is 0 Å². The van der Waals surface area contributed by atoms with Crippen LogP contribution in [0.2, 0.25) is 0 Å². The van der Waals surface area contributed by atoms with Gasteiger partial charge in [-0.25, -0.2) is 4.39 Å². The highest BCUT2D eigenvalue weighted by atomic mass is 28.1. The Morgan fingerprint density at radius 2 is 1.92 bits per heavy atom. The van der Waals surface area contributed by atoms with E-state index < -0.39 is 0 Å². The standard InChI is InChI=1S/C11H15FSi/c1-2-10(12)11(13)8-9-6-4-3-5-7-9/h3-7H,2,8H2,1,13H3. The first-order valence-corrected chi connectivity index (χ1v) is 5.62. The normalized spacial score (nSPS) is 12.8. The summed E-state index contributed by atoms with van der Waals surface area (Å²) in [5.41, 5.74) is 1.20. The summed E-state index contributed by atoms with van der Waals surface area (Å²) in [6.45, 7) is 1.86. The molecule has 0 atom stereocenters. The molecule has 0 radical (unpaired) electrons. The third kappa shape index (κ3) is 3.15. The molecule has 0 aliphatic rings. The van der Waals surface area contributed by atoms with E-state index in [1.165, 1.54) is 5.56 Å². The monoisotopic (exact) mass is 194 g/mol. The molecule has 0 saturated heterocycles. The van der Waals surface area contributed by atoms with Gasteiger partial charge in [0, 0.05) is 10.2 Å². The number of hydrogen-bond donors (Lipinski definition) is 0. The molecule has 0 saturated carbocycles. The summed E-state index contributed by atoms with van der Waals surface area (Å²) in [6, 6.07) is 10.1. The minimum absolute atomic E-state index is 0.0792. The molecule has 2 heteroatoms. The smallest absolute Gasteiger partial charge is 0.0943 e. The van der Waals surface area contributed by atoms with Gasteiger partial charge in [0.05, 0.1) is 5.83 Å². The van der Waals surface area contributed by atoms with Crippen molar-refractivity contribution in [2.24, 2.45) is 0 Å². The fraction of sp³-hybridized carbons (Fsp3) is 0.273. The maximum absolute atomic E-state index is 13.1. The number of benzene rings is 1. The second kappa shape index (κ2) is 4.97. The van der Waals surface area contributed by atoms with Gasteiger partial charge in [-0.3, -0.25) is 0 Å². The number of hydrogen-bond acceptors (Lipinski definition) is 0. The minimum Gasteiger partial charge on any atom is -0.212 e. The molecule has 0 N–H and O–H groups in total. The van der Waals surface area contributed by atoms with Crippen LogP contribution in [0.25, 0.3) is 0 Å². The molecule has 13 heavy (non-hydrogen) atoms. The average Bonchev–Trinajstić information content (AvgIpc) is 2.18. The molecule has 0 fully saturated rings. The second-order valence-corrected chi connectivity index (χ2v) is 4.41. The van der Waals surface area contributed by atoms with Gasteiger partial charge in [0.25, 0.3) is 0 Å². The van der Waals surface area contributed by atoms with Gasteiger partial charge in [-0.1, -0.05) is 42.5 Å². The topological polar surface area (TPSA) is 0 Å². The highest BCUT2D eigenvalue weighted by Crippen LogP contribution is 2.12. The molecule has 0 aliphatic heterocycles. The Kier molecular flexibility index (Phi) is 3.90. The summed E-state index contributed by atoms with van der Waals surface area (Å²) in [6.07, 6.45) is 1.32. The first kappa shape index (κ1) is 10.2. The zero-order valence-corrected chi connectivity index (χ0v) is 10.2. The summed E-state index contributed by atoms with van der Waals surface area (Å²) in [7, 11) is 0.822. The van der Waals surface area contributed by atoms with Crippen molar-refractivity contribution in [1.29, 1.82) is 0 Å². The molecule has 0 unspecified atom stereocenters. The average molecular weight is 194 g/mol. The predicted octanol–water partition coefficient (Wildman–Crippen LogP) is 2.19. The third-order valence-corrected chi connectivity index (χ3v) is 2.98. The Morgan fingerprint density at radius 1 is 1.31 bits per heavy atom. The second-order valence-electron chi connectivity index (χ2n) is 3.20. The van der Waals surface area contributed by atoms with Gasteiger partial charge in [0.2, 0.25) is 0 Å². The summed E-state index contributed by atoms with van der Waals surface area (Å²) in [5.74, 6) is 0.0792. The summed E-state index contributed by atoms with van der Waals surface area (Å²) in [4.78, 5) is 0. The molecule has 0 aromatic heterocycles. The Morgan fingerprint density at radius 3 is 2.46 bits per heavy atom. The van der Waals surface area contributed by atoms with Crippen LogP contribution in [-0.2, 0) is 6.42 Å². The highest BCUT2D eigenvalue weighted by Gasteiger charge is 1.99. The van der Waals surface area contributed by atoms with E-state index in [1.54, 1.807) is 0 Å². The molecule has 70 valence electrons. The van der Waals surface area contributed by atoms with E-state index in [2.05, 4.69) is 0 Å². The lowest BCUT2D eigenvalue weighted by Gasteiger charge is -2.02. The van der Waals surface area contributed by atoms with Gasteiger partial charge in [-0.2, -0.15) is 0 Å². The van der Waals surface area contributed by atoms with E-state index in [1.807, 2.05) is 37.3 Å². The molecule has 1 rings (SSSR count). The van der Waals surface area contributed by atoms with Crippen LogP contribution in [0.1, 0.15) is 18.9 Å². The minimum atomic E-state index is 0.0792. The van der Waals surface area contributed by atoms with Crippen molar-refractivity contribution in [3.63, 3.8) is 0 Å². The molecular weight excluding hydrogens is 179 g/mol. The van der Waals surface area contributed by atoms with E-state index in [-0.39, 0.29) is 5.83 Å². The Balaban J connectivity index is 2.70. The Bertz CT molecular complexity index is 290. The summed E-state index contributed by atoms with van der Waals surface area (Å²) >= 11 is 0. The Hall–Kier alpha value is -0.893. The molecule has 0 bridgehead atoms. The SMILES string of the molecule is CCC(F)=C([SiH3])Cc1ccccc1. The van der Waals surface area contributed by atoms with Gasteiger partial charge in [0.15, 0.2) is 0 Å². The molecule has 0 heterocycles. The van der Waals surface area contributed by atoms with Crippen molar-refractivity contribution >= 4 is 10.2 Å². The van der Waals surface area contributed by atoms with Crippen LogP contribution in [0.15, 0.2) is 41.4 Å². The number of halogens is 1. The van der Waals surface area contributed by atoms with E-state index in [4.69, 9.17) is 0 Å². The van der Waals surface area contributed by atoms with Crippen LogP contribution in [0.3, 0.4) is 0 Å². The lowest BCUT2D eigenvalue weighted by Crippen LogP contribution is -1.92. The molecule has 0 spiro atoms. The van der Waals surface area contributed by atoms with Crippen molar-refractivity contribution < 1.29 is 4.39 Å². The molecule has 0 aliphatic carbocycles. The first-order chi connectivity index (χ1) is 6.24. The van der Waals surface area contributed by atoms with Crippen LogP contribution in [-0.4, -0.2) is 10.2 Å². The van der Waals surface area contributed by atoms with E-state index in [0.29, 0.717) is 6.42 Å². The van der Waals surface area contributed by atoms with Gasteiger partial charge in [-0.05, 0) is 18.4 Å². The van der Waals surface area contributed by atoms with Gasteiger partial charge < -0.3 is 0 Å². The molecule has 1 aromatic carbocycles. The number of rotatable bonds is 3. The maximum atomic E-state index is 13.1. The van der Waals surface area contributed by atoms with Crippen molar-refractivity contribution in [3.8, 4) is 0 Å². The lowest BCUT2D eigenvalue weighted by atomic mass is 10.1. The predicted molar refractivity (Wildman–Crippen MR) is 58.5 cm³/mol. The van der Waals surface area contributed by atoms with E-state index >= 15 is 0 Å². The van der Waals surface area contributed by atoms with Crippen LogP contribution in [0.5, 0.6) is 0 Å². The quantitative estimate of drug-likeness (QED) is 0.647. The highest BCUT2D eigenvalue weighted by molar-refractivity contribution is 6.22. The largest absolute Gasteiger partial charge is 0.212 e. The van der Waals surface area contributed by atoms with E-state index in [9.17, 15) is 4.39 Å². The van der Waals surface area contributed by atoms with Crippen molar-refractivity contribution in [2.45, 2.75) is 19.8 Å².